The molecule has 0 aromatic heterocycles. The maximum Gasteiger partial charge on any atom is 0.0494 e. The zero-order valence-corrected chi connectivity index (χ0v) is 16.2. The normalized spacial score (nSPS) is 49.5. The van der Waals surface area contributed by atoms with Crippen molar-refractivity contribution in [2.75, 3.05) is 13.2 Å². The first-order chi connectivity index (χ1) is 11.7. The van der Waals surface area contributed by atoms with E-state index in [2.05, 4.69) is 26.8 Å². The summed E-state index contributed by atoms with van der Waals surface area (Å²) in [5.41, 5.74) is 2.36. The van der Waals surface area contributed by atoms with Crippen LogP contribution in [0.15, 0.2) is 11.6 Å². The fourth-order valence-corrected chi connectivity index (χ4v) is 7.71. The molecule has 0 aromatic rings. The number of ether oxygens (including phenoxy) is 1. The second kappa shape index (κ2) is 6.78. The van der Waals surface area contributed by atoms with E-state index < -0.39 is 0 Å². The van der Waals surface area contributed by atoms with Crippen molar-refractivity contribution < 1.29 is 4.74 Å². The highest BCUT2D eigenvalue weighted by atomic mass is 16.5. The van der Waals surface area contributed by atoms with E-state index in [0.29, 0.717) is 5.41 Å². The first-order valence-corrected chi connectivity index (χ1v) is 10.9. The van der Waals surface area contributed by atoms with Crippen molar-refractivity contribution in [2.45, 2.75) is 78.6 Å². The standard InChI is InChI=1S/C23H38O/c1-4-18-8-11-22-21-10-7-17-14-16(15-24-5-2)6-9-19(17)20(21)12-13-23(18,22)3/h4,16-17,19-22H,5-15H2,1-3H3/b18-4-. The van der Waals surface area contributed by atoms with E-state index in [9.17, 15) is 0 Å². The Hall–Kier alpha value is -0.300. The number of hydrogen-bond donors (Lipinski definition) is 0. The molecule has 0 heterocycles. The highest BCUT2D eigenvalue weighted by Gasteiger charge is 2.54. The molecule has 0 saturated heterocycles. The van der Waals surface area contributed by atoms with E-state index >= 15 is 0 Å². The summed E-state index contributed by atoms with van der Waals surface area (Å²) in [6.07, 6.45) is 15.8. The Morgan fingerprint density at radius 2 is 1.88 bits per heavy atom. The van der Waals surface area contributed by atoms with Gasteiger partial charge in [-0.3, -0.25) is 0 Å². The van der Waals surface area contributed by atoms with Crippen LogP contribution in [0.25, 0.3) is 0 Å². The Labute approximate surface area is 149 Å². The molecule has 24 heavy (non-hydrogen) atoms. The molecule has 0 aliphatic heterocycles. The van der Waals surface area contributed by atoms with Crippen LogP contribution in [0.1, 0.15) is 78.6 Å². The van der Waals surface area contributed by atoms with Crippen molar-refractivity contribution in [3.8, 4) is 0 Å². The van der Waals surface area contributed by atoms with Crippen molar-refractivity contribution >= 4 is 0 Å². The van der Waals surface area contributed by atoms with Gasteiger partial charge in [0.1, 0.15) is 0 Å². The van der Waals surface area contributed by atoms with E-state index in [1.54, 1.807) is 5.57 Å². The Bertz CT molecular complexity index is 480. The third kappa shape index (κ3) is 2.70. The van der Waals surface area contributed by atoms with Gasteiger partial charge in [-0.05, 0) is 113 Å². The maximum atomic E-state index is 5.75. The van der Waals surface area contributed by atoms with Gasteiger partial charge >= 0.3 is 0 Å². The minimum atomic E-state index is 0.564. The summed E-state index contributed by atoms with van der Waals surface area (Å²) in [4.78, 5) is 0. The van der Waals surface area contributed by atoms with Crippen LogP contribution in [0.4, 0.5) is 0 Å². The van der Waals surface area contributed by atoms with E-state index in [-0.39, 0.29) is 0 Å². The lowest BCUT2D eigenvalue weighted by atomic mass is 9.50. The van der Waals surface area contributed by atoms with Crippen LogP contribution in [0.5, 0.6) is 0 Å². The van der Waals surface area contributed by atoms with Crippen LogP contribution in [-0.2, 0) is 4.74 Å². The van der Waals surface area contributed by atoms with Gasteiger partial charge in [0, 0.05) is 13.2 Å². The van der Waals surface area contributed by atoms with Crippen LogP contribution in [0.2, 0.25) is 0 Å². The molecule has 7 unspecified atom stereocenters. The van der Waals surface area contributed by atoms with Gasteiger partial charge in [-0.15, -0.1) is 0 Å². The van der Waals surface area contributed by atoms with Gasteiger partial charge in [-0.2, -0.15) is 0 Å². The summed E-state index contributed by atoms with van der Waals surface area (Å²) < 4.78 is 5.75. The highest BCUT2D eigenvalue weighted by Crippen LogP contribution is 2.64. The minimum Gasteiger partial charge on any atom is -0.381 e. The lowest BCUT2D eigenvalue weighted by molar-refractivity contribution is -0.0553. The molecule has 0 bridgehead atoms. The van der Waals surface area contributed by atoms with Crippen molar-refractivity contribution in [1.82, 2.24) is 0 Å². The summed E-state index contributed by atoms with van der Waals surface area (Å²) in [5.74, 6) is 6.05. The van der Waals surface area contributed by atoms with Crippen molar-refractivity contribution in [1.29, 1.82) is 0 Å². The molecular weight excluding hydrogens is 292 g/mol. The Kier molecular flexibility index (Phi) is 4.84. The van der Waals surface area contributed by atoms with Gasteiger partial charge in [-0.1, -0.05) is 18.6 Å². The predicted octanol–water partition coefficient (Wildman–Crippen LogP) is 6.24. The third-order valence-electron chi connectivity index (χ3n) is 8.82. The largest absolute Gasteiger partial charge is 0.381 e. The average molecular weight is 331 g/mol. The molecule has 1 heteroatoms. The molecule has 136 valence electrons. The summed E-state index contributed by atoms with van der Waals surface area (Å²) in [7, 11) is 0. The van der Waals surface area contributed by atoms with E-state index in [1.807, 2.05) is 0 Å². The van der Waals surface area contributed by atoms with Crippen LogP contribution in [0.3, 0.4) is 0 Å². The summed E-state index contributed by atoms with van der Waals surface area (Å²) in [6.45, 7) is 8.95. The lowest BCUT2D eigenvalue weighted by Gasteiger charge is -2.55. The maximum absolute atomic E-state index is 5.75. The SMILES string of the molecule is C/C=C1/CCC2C3CCC4CC(COCC)CCC4C3CCC12C. The minimum absolute atomic E-state index is 0.564. The molecule has 0 spiro atoms. The lowest BCUT2D eigenvalue weighted by Crippen LogP contribution is -2.47. The van der Waals surface area contributed by atoms with Crippen LogP contribution < -0.4 is 0 Å². The number of hydrogen-bond acceptors (Lipinski definition) is 1. The van der Waals surface area contributed by atoms with E-state index in [0.717, 1.165) is 48.7 Å². The van der Waals surface area contributed by atoms with E-state index in [4.69, 9.17) is 4.74 Å². The van der Waals surface area contributed by atoms with Gasteiger partial charge < -0.3 is 4.74 Å². The molecule has 4 rings (SSSR count). The Morgan fingerprint density at radius 1 is 1.04 bits per heavy atom. The van der Waals surface area contributed by atoms with Gasteiger partial charge in [0.25, 0.3) is 0 Å². The van der Waals surface area contributed by atoms with Gasteiger partial charge in [0.2, 0.25) is 0 Å². The average Bonchev–Trinajstić information content (AvgIpc) is 2.95. The molecule has 0 amide bonds. The van der Waals surface area contributed by atoms with Crippen molar-refractivity contribution in [3.05, 3.63) is 11.6 Å². The first kappa shape index (κ1) is 17.1. The monoisotopic (exact) mass is 330 g/mol. The van der Waals surface area contributed by atoms with Gasteiger partial charge in [0.05, 0.1) is 0 Å². The smallest absolute Gasteiger partial charge is 0.0494 e. The van der Waals surface area contributed by atoms with Crippen molar-refractivity contribution in [2.24, 2.45) is 40.9 Å². The Balaban J connectivity index is 1.46. The summed E-state index contributed by atoms with van der Waals surface area (Å²) >= 11 is 0. The number of fused-ring (bicyclic) bond motifs is 5. The zero-order chi connectivity index (χ0) is 16.7. The highest BCUT2D eigenvalue weighted by molar-refractivity contribution is 5.23. The van der Waals surface area contributed by atoms with Crippen molar-refractivity contribution in [3.63, 3.8) is 0 Å². The van der Waals surface area contributed by atoms with E-state index in [1.165, 1.54) is 57.8 Å². The summed E-state index contributed by atoms with van der Waals surface area (Å²) in [6, 6.07) is 0. The molecule has 4 saturated carbocycles. The molecule has 7 atom stereocenters. The van der Waals surface area contributed by atoms with Gasteiger partial charge in [-0.25, -0.2) is 0 Å². The molecule has 0 radical (unpaired) electrons. The third-order valence-corrected chi connectivity index (χ3v) is 8.82. The predicted molar refractivity (Wildman–Crippen MR) is 101 cm³/mol. The quantitative estimate of drug-likeness (QED) is 0.557. The summed E-state index contributed by atoms with van der Waals surface area (Å²) in [5, 5.41) is 0. The first-order valence-electron chi connectivity index (χ1n) is 10.9. The zero-order valence-electron chi connectivity index (χ0n) is 16.2. The molecule has 0 N–H and O–H groups in total. The van der Waals surface area contributed by atoms with Crippen LogP contribution >= 0.6 is 0 Å². The van der Waals surface area contributed by atoms with Crippen LogP contribution in [-0.4, -0.2) is 13.2 Å². The molecule has 4 aliphatic rings. The molecule has 4 aliphatic carbocycles. The van der Waals surface area contributed by atoms with Crippen LogP contribution in [0, 0.1) is 40.9 Å². The molecular formula is C23H38O. The Morgan fingerprint density at radius 3 is 2.67 bits per heavy atom. The molecule has 4 fully saturated rings. The number of allylic oxidation sites excluding steroid dienone is 2. The molecule has 0 aromatic carbocycles. The molecule has 1 nitrogen and oxygen atoms in total. The second-order valence-corrected chi connectivity index (χ2v) is 9.58. The number of rotatable bonds is 3. The second-order valence-electron chi connectivity index (χ2n) is 9.58. The fraction of sp³-hybridized carbons (Fsp3) is 0.913. The fourth-order valence-electron chi connectivity index (χ4n) is 7.71. The van der Waals surface area contributed by atoms with Gasteiger partial charge in [0.15, 0.2) is 0 Å². The topological polar surface area (TPSA) is 9.23 Å².